The maximum absolute atomic E-state index is 12.7. The molecule has 1 fully saturated rings. The topological polar surface area (TPSA) is 49.9 Å². The summed E-state index contributed by atoms with van der Waals surface area (Å²) in [4.78, 5) is 28.7. The van der Waals surface area contributed by atoms with E-state index >= 15 is 0 Å². The molecule has 0 N–H and O–H groups in total. The first-order chi connectivity index (χ1) is 14.5. The fourth-order valence-electron chi connectivity index (χ4n) is 3.77. The van der Waals surface area contributed by atoms with Gasteiger partial charge in [0.2, 0.25) is 0 Å². The molecule has 0 atom stereocenters. The van der Waals surface area contributed by atoms with Gasteiger partial charge in [0.15, 0.2) is 0 Å². The van der Waals surface area contributed by atoms with Crippen LogP contribution in [-0.4, -0.2) is 43.3 Å². The lowest BCUT2D eigenvalue weighted by Crippen LogP contribution is -2.32. The summed E-state index contributed by atoms with van der Waals surface area (Å²) in [6.45, 7) is 0.542. The van der Waals surface area contributed by atoms with E-state index in [0.29, 0.717) is 11.5 Å². The third-order valence-electron chi connectivity index (χ3n) is 5.48. The molecule has 2 aromatic rings. The smallest absolute Gasteiger partial charge is 0.293 e. The van der Waals surface area contributed by atoms with Crippen molar-refractivity contribution in [1.82, 2.24) is 4.90 Å². The lowest BCUT2D eigenvalue weighted by Gasteiger charge is -2.17. The lowest BCUT2D eigenvalue weighted by molar-refractivity contribution is -0.123. The van der Waals surface area contributed by atoms with E-state index in [1.165, 1.54) is 28.9 Å². The van der Waals surface area contributed by atoms with Crippen molar-refractivity contribution in [3.8, 4) is 5.75 Å². The van der Waals surface area contributed by atoms with E-state index in [1.807, 2.05) is 49.3 Å². The summed E-state index contributed by atoms with van der Waals surface area (Å²) in [6, 6.07) is 14.1. The summed E-state index contributed by atoms with van der Waals surface area (Å²) < 4.78 is 5.84. The van der Waals surface area contributed by atoms with Crippen molar-refractivity contribution in [3.05, 3.63) is 64.1 Å². The Morgan fingerprint density at radius 2 is 1.77 bits per heavy atom. The van der Waals surface area contributed by atoms with Crippen LogP contribution in [0.1, 0.15) is 29.5 Å². The number of aryl methyl sites for hydroxylation is 2. The molecule has 0 bridgehead atoms. The van der Waals surface area contributed by atoms with Crippen molar-refractivity contribution in [2.75, 3.05) is 32.1 Å². The Kier molecular flexibility index (Phi) is 6.13. The Hall–Kier alpha value is -2.73. The van der Waals surface area contributed by atoms with E-state index in [2.05, 4.69) is 12.1 Å². The van der Waals surface area contributed by atoms with Crippen LogP contribution in [0.3, 0.4) is 0 Å². The molecule has 30 heavy (non-hydrogen) atoms. The second kappa shape index (κ2) is 8.96. The molecule has 0 saturated carbocycles. The quantitative estimate of drug-likeness (QED) is 0.629. The second-order valence-electron chi connectivity index (χ2n) is 7.81. The molecule has 2 aromatic carbocycles. The third kappa shape index (κ3) is 4.54. The van der Waals surface area contributed by atoms with Crippen LogP contribution in [0.15, 0.2) is 47.4 Å². The van der Waals surface area contributed by atoms with E-state index in [0.717, 1.165) is 41.6 Å². The Bertz CT molecular complexity index is 982. The molecule has 4 rings (SSSR count). The molecule has 1 aliphatic heterocycles. The minimum Gasteiger partial charge on any atom is -0.492 e. The van der Waals surface area contributed by atoms with Gasteiger partial charge in [-0.1, -0.05) is 18.2 Å². The van der Waals surface area contributed by atoms with Crippen LogP contribution >= 0.6 is 11.8 Å². The normalized spacial score (nSPS) is 17.4. The molecular formula is C24H26N2O3S. The van der Waals surface area contributed by atoms with Crippen molar-refractivity contribution in [2.24, 2.45) is 0 Å². The number of thioether (sulfide) groups is 1. The Labute approximate surface area is 181 Å². The van der Waals surface area contributed by atoms with Crippen molar-refractivity contribution < 1.29 is 14.3 Å². The van der Waals surface area contributed by atoms with Gasteiger partial charge in [-0.25, -0.2) is 0 Å². The maximum Gasteiger partial charge on any atom is 0.293 e. The summed E-state index contributed by atoms with van der Waals surface area (Å²) in [7, 11) is 3.96. The number of imide groups is 1. The monoisotopic (exact) mass is 422 g/mol. The van der Waals surface area contributed by atoms with Crippen molar-refractivity contribution in [1.29, 1.82) is 0 Å². The fourth-order valence-corrected chi connectivity index (χ4v) is 4.63. The highest BCUT2D eigenvalue weighted by molar-refractivity contribution is 8.18. The molecule has 6 heteroatoms. The molecule has 2 amide bonds. The Morgan fingerprint density at radius 1 is 1.03 bits per heavy atom. The predicted octanol–water partition coefficient (Wildman–Crippen LogP) is 4.75. The number of hydrogen-bond donors (Lipinski definition) is 0. The molecule has 1 heterocycles. The molecule has 5 nitrogen and oxygen atoms in total. The van der Waals surface area contributed by atoms with Crippen LogP contribution in [-0.2, 0) is 17.6 Å². The first-order valence-electron chi connectivity index (χ1n) is 10.3. The summed E-state index contributed by atoms with van der Waals surface area (Å²) in [6.07, 6.45) is 6.47. The van der Waals surface area contributed by atoms with E-state index in [-0.39, 0.29) is 17.7 Å². The van der Waals surface area contributed by atoms with Crippen LogP contribution in [0, 0.1) is 0 Å². The maximum atomic E-state index is 12.7. The van der Waals surface area contributed by atoms with Gasteiger partial charge < -0.3 is 9.64 Å². The molecule has 1 aliphatic carbocycles. The van der Waals surface area contributed by atoms with Gasteiger partial charge in [-0.15, -0.1) is 0 Å². The van der Waals surface area contributed by atoms with Gasteiger partial charge in [-0.2, -0.15) is 0 Å². The van der Waals surface area contributed by atoms with E-state index in [1.54, 1.807) is 6.08 Å². The average Bonchev–Trinajstić information content (AvgIpc) is 3.01. The van der Waals surface area contributed by atoms with Crippen LogP contribution in [0.4, 0.5) is 10.5 Å². The number of ether oxygens (including phenoxy) is 1. The van der Waals surface area contributed by atoms with Crippen molar-refractivity contribution in [2.45, 2.75) is 25.7 Å². The van der Waals surface area contributed by atoms with Gasteiger partial charge in [0.1, 0.15) is 12.4 Å². The van der Waals surface area contributed by atoms with Crippen LogP contribution < -0.4 is 9.64 Å². The fraction of sp³-hybridized carbons (Fsp3) is 0.333. The number of nitrogens with zero attached hydrogens (tertiary/aromatic N) is 2. The van der Waals surface area contributed by atoms with E-state index in [9.17, 15) is 9.59 Å². The van der Waals surface area contributed by atoms with Crippen molar-refractivity contribution >= 4 is 34.7 Å². The van der Waals surface area contributed by atoms with Gasteiger partial charge >= 0.3 is 0 Å². The molecule has 0 unspecified atom stereocenters. The summed E-state index contributed by atoms with van der Waals surface area (Å²) >= 11 is 0.985. The number of fused-ring (bicyclic) bond motifs is 1. The number of hydrogen-bond acceptors (Lipinski definition) is 5. The molecule has 156 valence electrons. The summed E-state index contributed by atoms with van der Waals surface area (Å²) in [5.74, 6) is 0.551. The van der Waals surface area contributed by atoms with E-state index in [4.69, 9.17) is 4.74 Å². The molecular weight excluding hydrogens is 396 g/mol. The van der Waals surface area contributed by atoms with E-state index < -0.39 is 0 Å². The molecule has 0 aromatic heterocycles. The molecule has 2 aliphatic rings. The third-order valence-corrected chi connectivity index (χ3v) is 6.39. The SMILES string of the molecule is CN(C)c1ccc(/C=C2\SC(=O)N(CCOc3ccc4c(c3)CCCC4)C2=O)cc1. The zero-order valence-electron chi connectivity index (χ0n) is 17.4. The van der Waals surface area contributed by atoms with Crippen LogP contribution in [0.5, 0.6) is 5.75 Å². The summed E-state index contributed by atoms with van der Waals surface area (Å²) in [5.41, 5.74) is 4.74. The number of carbonyl (C=O) groups excluding carboxylic acids is 2. The molecule has 0 radical (unpaired) electrons. The van der Waals surface area contributed by atoms with Crippen LogP contribution in [0.2, 0.25) is 0 Å². The molecule has 1 saturated heterocycles. The zero-order chi connectivity index (χ0) is 21.1. The molecule has 0 spiro atoms. The Morgan fingerprint density at radius 3 is 2.50 bits per heavy atom. The highest BCUT2D eigenvalue weighted by atomic mass is 32.2. The average molecular weight is 423 g/mol. The largest absolute Gasteiger partial charge is 0.492 e. The number of rotatable bonds is 6. The standard InChI is InChI=1S/C24H26N2O3S/c1-25(2)20-10-7-17(8-11-20)15-22-23(27)26(24(28)30-22)13-14-29-21-12-9-18-5-3-4-6-19(18)16-21/h7-12,15-16H,3-6,13-14H2,1-2H3/b22-15-. The van der Waals surface area contributed by atoms with Gasteiger partial charge in [0, 0.05) is 19.8 Å². The van der Waals surface area contributed by atoms with Gasteiger partial charge in [0.25, 0.3) is 11.1 Å². The van der Waals surface area contributed by atoms with Gasteiger partial charge in [0.05, 0.1) is 11.4 Å². The highest BCUT2D eigenvalue weighted by Crippen LogP contribution is 2.32. The van der Waals surface area contributed by atoms with Gasteiger partial charge in [-0.3, -0.25) is 14.5 Å². The number of carbonyl (C=O) groups is 2. The lowest BCUT2D eigenvalue weighted by atomic mass is 9.92. The van der Waals surface area contributed by atoms with Crippen molar-refractivity contribution in [3.63, 3.8) is 0 Å². The number of benzene rings is 2. The zero-order valence-corrected chi connectivity index (χ0v) is 18.2. The number of amides is 2. The Balaban J connectivity index is 1.36. The predicted molar refractivity (Wildman–Crippen MR) is 122 cm³/mol. The minimum absolute atomic E-state index is 0.245. The minimum atomic E-state index is -0.254. The first-order valence-corrected chi connectivity index (χ1v) is 11.1. The highest BCUT2D eigenvalue weighted by Gasteiger charge is 2.34. The van der Waals surface area contributed by atoms with Gasteiger partial charge in [-0.05, 0) is 84.5 Å². The summed E-state index contributed by atoms with van der Waals surface area (Å²) in [5, 5.41) is -0.245. The first kappa shape index (κ1) is 20.5. The second-order valence-corrected chi connectivity index (χ2v) is 8.80. The van der Waals surface area contributed by atoms with Crippen LogP contribution in [0.25, 0.3) is 6.08 Å². The number of anilines is 1.